The number of oxazole rings is 5. The molecule has 2 fully saturated rings. The average molecular weight is 878 g/mol. The summed E-state index contributed by atoms with van der Waals surface area (Å²) >= 11 is 0. The van der Waals surface area contributed by atoms with E-state index in [0.717, 1.165) is 95.2 Å². The lowest BCUT2D eigenvalue weighted by Crippen LogP contribution is -2.02. The van der Waals surface area contributed by atoms with Gasteiger partial charge in [0.2, 0.25) is 29.5 Å². The minimum atomic E-state index is 0.692. The first kappa shape index (κ1) is 53.1. The number of aromatic nitrogens is 5. The largest absolute Gasteiger partial charge is 0.445 e. The van der Waals surface area contributed by atoms with Crippen LogP contribution in [0.2, 0.25) is 0 Å². The topological polar surface area (TPSA) is 130 Å². The first-order valence-electron chi connectivity index (χ1n) is 23.8. The van der Waals surface area contributed by atoms with E-state index in [0.29, 0.717) is 17.7 Å². The van der Waals surface area contributed by atoms with Gasteiger partial charge in [-0.15, -0.1) is 0 Å². The van der Waals surface area contributed by atoms with Crippen LogP contribution in [0.4, 0.5) is 0 Å². The SMILES string of the molecule is CCC/C=C(\C)c1nc(C)co1.Cc1coc(/C=C/C2CCCC2)n1.Cc1coc(/C=C/C2CCCCC2)n1.Cc1coc(/C=C/CC(C)C)n1.Cc1coc(/C=C/CCC(C)C)n1. The first-order valence-corrected chi connectivity index (χ1v) is 23.8. The molecule has 0 atom stereocenters. The molecule has 2 aliphatic carbocycles. The van der Waals surface area contributed by atoms with Crippen molar-refractivity contribution in [3.05, 3.63) is 120 Å². The van der Waals surface area contributed by atoms with Gasteiger partial charge in [-0.1, -0.05) is 104 Å². The van der Waals surface area contributed by atoms with Crippen molar-refractivity contribution in [1.29, 1.82) is 0 Å². The molecule has 64 heavy (non-hydrogen) atoms. The number of unbranched alkanes of at least 4 members (excludes halogenated alkanes) is 1. The second-order valence-electron chi connectivity index (χ2n) is 17.8. The van der Waals surface area contributed by atoms with Crippen molar-refractivity contribution >= 4 is 29.9 Å². The Hall–Kier alpha value is -5.25. The molecule has 10 heteroatoms. The Balaban J connectivity index is 0.000000213. The highest BCUT2D eigenvalue weighted by Crippen LogP contribution is 2.27. The Morgan fingerprint density at radius 1 is 0.531 bits per heavy atom. The van der Waals surface area contributed by atoms with E-state index in [1.165, 1.54) is 64.2 Å². The number of nitrogens with zero attached hydrogens (tertiary/aromatic N) is 5. The summed E-state index contributed by atoms with van der Waals surface area (Å²) in [6.07, 6.45) is 45.0. The number of rotatable bonds is 14. The molecule has 2 saturated carbocycles. The Morgan fingerprint density at radius 3 is 1.31 bits per heavy atom. The van der Waals surface area contributed by atoms with Crippen molar-refractivity contribution in [1.82, 2.24) is 24.9 Å². The third-order valence-corrected chi connectivity index (χ3v) is 10.4. The lowest BCUT2D eigenvalue weighted by atomic mass is 9.89. The van der Waals surface area contributed by atoms with Crippen LogP contribution in [0, 0.1) is 58.3 Å². The number of allylic oxidation sites excluding steroid dienone is 6. The third-order valence-electron chi connectivity index (χ3n) is 10.4. The predicted molar refractivity (Wildman–Crippen MR) is 263 cm³/mol. The summed E-state index contributed by atoms with van der Waals surface area (Å²) < 4.78 is 26.0. The summed E-state index contributed by atoms with van der Waals surface area (Å²) in [6, 6.07) is 0. The van der Waals surface area contributed by atoms with Crippen molar-refractivity contribution < 1.29 is 22.1 Å². The molecule has 0 unspecified atom stereocenters. The van der Waals surface area contributed by atoms with Crippen LogP contribution in [0.25, 0.3) is 29.9 Å². The van der Waals surface area contributed by atoms with E-state index in [-0.39, 0.29) is 0 Å². The molecule has 0 N–H and O–H groups in total. The van der Waals surface area contributed by atoms with E-state index in [1.807, 2.05) is 65.8 Å². The first-order chi connectivity index (χ1) is 30.8. The standard InChI is InChI=1S/C12H17NO.C11H15NO.C11H17NO.2C10H15NO/c1-10-9-14-12(13-10)8-7-11-5-3-2-4-6-11;1-9-8-13-11(12-9)7-6-10-4-2-3-5-10;1-9(2)6-4-5-7-11-12-10(3)8-13-11;1-8(2)5-4-6-10-11-9(3)7-12-10;1-4-5-6-8(2)10-11-9(3)7-12-10/h7-9,11H,2-6H2,1H3;6-8,10H,2-5H2,1H3;5,7-9H,4,6H2,1-3H3;4,6-8H,5H2,1-3H3;6-7H,4-5H2,1-3H3/b8-7+;7-6+;7-5+;6-4+;8-6+. The normalized spacial score (nSPS) is 14.9. The van der Waals surface area contributed by atoms with E-state index in [9.17, 15) is 0 Å². The Labute approximate surface area is 385 Å². The fourth-order valence-corrected chi connectivity index (χ4v) is 6.75. The highest BCUT2D eigenvalue weighted by atomic mass is 16.4. The van der Waals surface area contributed by atoms with Gasteiger partial charge in [-0.3, -0.25) is 0 Å². The van der Waals surface area contributed by atoms with Crippen LogP contribution in [-0.4, -0.2) is 24.9 Å². The highest BCUT2D eigenvalue weighted by molar-refractivity contribution is 5.55. The van der Waals surface area contributed by atoms with Gasteiger partial charge in [0.15, 0.2) is 0 Å². The van der Waals surface area contributed by atoms with Gasteiger partial charge in [-0.25, -0.2) is 24.9 Å². The summed E-state index contributed by atoms with van der Waals surface area (Å²) in [5.74, 6) is 6.60. The van der Waals surface area contributed by atoms with E-state index in [4.69, 9.17) is 22.1 Å². The average Bonchev–Trinajstić information content (AvgIpc) is 4.15. The van der Waals surface area contributed by atoms with Crippen molar-refractivity contribution in [2.45, 2.75) is 166 Å². The smallest absolute Gasteiger partial charge is 0.221 e. The zero-order valence-electron chi connectivity index (χ0n) is 41.1. The molecule has 2 aliphatic rings. The zero-order chi connectivity index (χ0) is 46.5. The maximum atomic E-state index is 5.26. The van der Waals surface area contributed by atoms with Gasteiger partial charge in [0.1, 0.15) is 31.3 Å². The quantitative estimate of drug-likeness (QED) is 0.106. The summed E-state index contributed by atoms with van der Waals surface area (Å²) in [5.41, 5.74) is 5.83. The molecule has 0 bridgehead atoms. The maximum Gasteiger partial charge on any atom is 0.221 e. The molecule has 5 aromatic heterocycles. The lowest BCUT2D eigenvalue weighted by Gasteiger charge is -2.17. The molecule has 0 aromatic carbocycles. The number of aryl methyl sites for hydroxylation is 5. The Kier molecular flexibility index (Phi) is 25.5. The van der Waals surface area contributed by atoms with Crippen LogP contribution in [-0.2, 0) is 0 Å². The van der Waals surface area contributed by atoms with Crippen molar-refractivity contribution in [2.24, 2.45) is 23.7 Å². The molecule has 350 valence electrons. The van der Waals surface area contributed by atoms with E-state index in [1.54, 1.807) is 31.3 Å². The second kappa shape index (κ2) is 30.8. The fourth-order valence-electron chi connectivity index (χ4n) is 6.75. The maximum absolute atomic E-state index is 5.26. The molecular weight excluding hydrogens is 799 g/mol. The molecule has 5 heterocycles. The van der Waals surface area contributed by atoms with Crippen LogP contribution in [0.3, 0.4) is 0 Å². The van der Waals surface area contributed by atoms with Gasteiger partial charge >= 0.3 is 0 Å². The van der Waals surface area contributed by atoms with E-state index < -0.39 is 0 Å². The van der Waals surface area contributed by atoms with Crippen molar-refractivity contribution in [3.8, 4) is 0 Å². The number of hydrogen-bond acceptors (Lipinski definition) is 10. The Bertz CT molecular complexity index is 2100. The zero-order valence-corrected chi connectivity index (χ0v) is 41.1. The van der Waals surface area contributed by atoms with Gasteiger partial charge < -0.3 is 22.1 Å². The fraction of sp³-hybridized carbons (Fsp3) is 0.537. The van der Waals surface area contributed by atoms with E-state index in [2.05, 4.69) is 89.9 Å². The molecule has 0 amide bonds. The molecule has 0 radical (unpaired) electrons. The summed E-state index contributed by atoms with van der Waals surface area (Å²) in [7, 11) is 0. The van der Waals surface area contributed by atoms with Gasteiger partial charge in [0, 0.05) is 5.57 Å². The molecule has 10 nitrogen and oxygen atoms in total. The van der Waals surface area contributed by atoms with Crippen LogP contribution < -0.4 is 0 Å². The lowest BCUT2D eigenvalue weighted by molar-refractivity contribution is 0.420. The molecular formula is C54H79N5O5. The highest BCUT2D eigenvalue weighted by Gasteiger charge is 2.12. The van der Waals surface area contributed by atoms with Crippen molar-refractivity contribution in [2.75, 3.05) is 0 Å². The second-order valence-corrected chi connectivity index (χ2v) is 17.8. The van der Waals surface area contributed by atoms with Crippen LogP contribution in [0.1, 0.15) is 189 Å². The summed E-state index contributed by atoms with van der Waals surface area (Å²) in [6.45, 7) is 22.7. The van der Waals surface area contributed by atoms with Crippen LogP contribution >= 0.6 is 0 Å². The summed E-state index contributed by atoms with van der Waals surface area (Å²) in [4.78, 5) is 21.0. The Morgan fingerprint density at radius 2 is 0.938 bits per heavy atom. The molecule has 5 aromatic rings. The number of hydrogen-bond donors (Lipinski definition) is 0. The summed E-state index contributed by atoms with van der Waals surface area (Å²) in [5, 5.41) is 0. The van der Waals surface area contributed by atoms with Gasteiger partial charge in [-0.2, -0.15) is 0 Å². The molecule has 7 rings (SSSR count). The predicted octanol–water partition coefficient (Wildman–Crippen LogP) is 16.4. The van der Waals surface area contributed by atoms with Gasteiger partial charge in [-0.05, 0) is 141 Å². The minimum Gasteiger partial charge on any atom is -0.445 e. The van der Waals surface area contributed by atoms with E-state index >= 15 is 0 Å². The van der Waals surface area contributed by atoms with Crippen molar-refractivity contribution in [3.63, 3.8) is 0 Å². The molecule has 0 spiro atoms. The molecule has 0 aliphatic heterocycles. The van der Waals surface area contributed by atoms with Crippen LogP contribution in [0.15, 0.2) is 83.8 Å². The van der Waals surface area contributed by atoms with Gasteiger partial charge in [0.25, 0.3) is 0 Å². The molecule has 0 saturated heterocycles. The minimum absolute atomic E-state index is 0.692. The van der Waals surface area contributed by atoms with Gasteiger partial charge in [0.05, 0.1) is 28.5 Å². The third kappa shape index (κ3) is 24.0. The monoisotopic (exact) mass is 878 g/mol. The van der Waals surface area contributed by atoms with Crippen LogP contribution in [0.5, 0.6) is 0 Å².